The highest BCUT2D eigenvalue weighted by molar-refractivity contribution is 7.89. The Morgan fingerprint density at radius 1 is 1.13 bits per heavy atom. The van der Waals surface area contributed by atoms with Gasteiger partial charge in [0.2, 0.25) is 10.0 Å². The molecule has 1 fully saturated rings. The van der Waals surface area contributed by atoms with Crippen molar-refractivity contribution in [3.8, 4) is 0 Å². The van der Waals surface area contributed by atoms with Gasteiger partial charge in [0.05, 0.1) is 23.8 Å². The third kappa shape index (κ3) is 4.91. The Kier molecular flexibility index (Phi) is 6.62. The van der Waals surface area contributed by atoms with E-state index in [1.165, 1.54) is 35.9 Å². The van der Waals surface area contributed by atoms with Gasteiger partial charge in [0, 0.05) is 18.8 Å². The molecule has 0 spiro atoms. The molecule has 2 aromatic rings. The van der Waals surface area contributed by atoms with Crippen LogP contribution in [0, 0.1) is 11.8 Å². The van der Waals surface area contributed by atoms with Gasteiger partial charge in [0.25, 0.3) is 5.91 Å². The number of hydrogen-bond donors (Lipinski definition) is 1. The van der Waals surface area contributed by atoms with E-state index >= 15 is 0 Å². The number of hydrogen-bond acceptors (Lipinski definition) is 6. The molecule has 9 heteroatoms. The van der Waals surface area contributed by atoms with Gasteiger partial charge >= 0.3 is 5.97 Å². The molecule has 0 unspecified atom stereocenters. The first-order valence-corrected chi connectivity index (χ1v) is 11.2. The van der Waals surface area contributed by atoms with Gasteiger partial charge in [-0.3, -0.25) is 9.59 Å². The number of amides is 1. The number of benzene rings is 1. The van der Waals surface area contributed by atoms with Gasteiger partial charge < -0.3 is 14.5 Å². The molecule has 2 heterocycles. The lowest BCUT2D eigenvalue weighted by Gasteiger charge is -2.34. The molecule has 0 saturated carbocycles. The molecular weight excluding hydrogens is 408 g/mol. The quantitative estimate of drug-likeness (QED) is 0.701. The van der Waals surface area contributed by atoms with Crippen molar-refractivity contribution >= 4 is 27.6 Å². The van der Waals surface area contributed by atoms with E-state index in [0.717, 1.165) is 6.42 Å². The minimum absolute atomic E-state index is 0.157. The van der Waals surface area contributed by atoms with E-state index in [2.05, 4.69) is 23.9 Å². The van der Waals surface area contributed by atoms with Gasteiger partial charge in [-0.25, -0.2) is 8.42 Å². The van der Waals surface area contributed by atoms with Gasteiger partial charge in [-0.05, 0) is 48.6 Å². The monoisotopic (exact) mass is 434 g/mol. The average molecular weight is 435 g/mol. The van der Waals surface area contributed by atoms with Crippen LogP contribution in [0.4, 0.5) is 5.69 Å². The molecule has 0 radical (unpaired) electrons. The Labute approximate surface area is 176 Å². The summed E-state index contributed by atoms with van der Waals surface area (Å²) < 4.78 is 37.2. The zero-order valence-electron chi connectivity index (χ0n) is 17.3. The number of esters is 1. The molecule has 1 saturated heterocycles. The highest BCUT2D eigenvalue weighted by atomic mass is 32.2. The highest BCUT2D eigenvalue weighted by Gasteiger charge is 2.31. The van der Waals surface area contributed by atoms with Gasteiger partial charge in [0.15, 0.2) is 0 Å². The highest BCUT2D eigenvalue weighted by Crippen LogP contribution is 2.27. The molecule has 0 bridgehead atoms. The van der Waals surface area contributed by atoms with Crippen molar-refractivity contribution in [3.63, 3.8) is 0 Å². The molecule has 1 aromatic carbocycles. The lowest BCUT2D eigenvalue weighted by Crippen LogP contribution is -2.42. The lowest BCUT2D eigenvalue weighted by molar-refractivity contribution is -0.140. The number of anilines is 1. The Balaban J connectivity index is 1.71. The standard InChI is InChI=1S/C21H26N2O6S/c1-14-10-15(2)13-23(12-14)30(26,27)17-6-4-16(5-7-17)22-21(25)18-8-9-29-19(18)11-20(24)28-3/h4-9,14-15H,10-13H2,1-3H3,(H,22,25)/t14-,15+. The predicted octanol–water partition coefficient (Wildman–Crippen LogP) is 2.91. The maximum Gasteiger partial charge on any atom is 0.313 e. The summed E-state index contributed by atoms with van der Waals surface area (Å²) in [5, 5.41) is 2.69. The molecule has 1 aliphatic heterocycles. The van der Waals surface area contributed by atoms with Crippen LogP contribution >= 0.6 is 0 Å². The van der Waals surface area contributed by atoms with Crippen molar-refractivity contribution in [2.24, 2.45) is 11.8 Å². The van der Waals surface area contributed by atoms with Crippen LogP contribution in [0.1, 0.15) is 36.4 Å². The van der Waals surface area contributed by atoms with E-state index in [1.807, 2.05) is 0 Å². The second-order valence-corrected chi connectivity index (χ2v) is 9.69. The van der Waals surface area contributed by atoms with Crippen LogP contribution in [0.25, 0.3) is 0 Å². The van der Waals surface area contributed by atoms with Gasteiger partial charge in [-0.1, -0.05) is 13.8 Å². The summed E-state index contributed by atoms with van der Waals surface area (Å²) in [6, 6.07) is 7.52. The maximum absolute atomic E-state index is 13.0. The second kappa shape index (κ2) is 9.01. The van der Waals surface area contributed by atoms with Crippen molar-refractivity contribution in [2.45, 2.75) is 31.6 Å². The Morgan fingerprint density at radius 2 is 1.77 bits per heavy atom. The van der Waals surface area contributed by atoms with Crippen LogP contribution in [0.3, 0.4) is 0 Å². The lowest BCUT2D eigenvalue weighted by atomic mass is 9.94. The van der Waals surface area contributed by atoms with Crippen molar-refractivity contribution < 1.29 is 27.2 Å². The average Bonchev–Trinajstić information content (AvgIpc) is 3.15. The predicted molar refractivity (Wildman–Crippen MR) is 111 cm³/mol. The third-order valence-electron chi connectivity index (χ3n) is 5.11. The largest absolute Gasteiger partial charge is 0.469 e. The number of furan rings is 1. The van der Waals surface area contributed by atoms with E-state index in [0.29, 0.717) is 30.6 Å². The number of sulfonamides is 1. The van der Waals surface area contributed by atoms with E-state index in [-0.39, 0.29) is 22.6 Å². The van der Waals surface area contributed by atoms with E-state index in [1.54, 1.807) is 12.1 Å². The number of piperidine rings is 1. The molecule has 2 atom stereocenters. The minimum Gasteiger partial charge on any atom is -0.469 e. The van der Waals surface area contributed by atoms with Crippen LogP contribution in [0.15, 0.2) is 45.9 Å². The van der Waals surface area contributed by atoms with Crippen LogP contribution in [0.2, 0.25) is 0 Å². The van der Waals surface area contributed by atoms with Crippen LogP contribution in [0.5, 0.6) is 0 Å². The molecular formula is C21H26N2O6S. The fraction of sp³-hybridized carbons (Fsp3) is 0.429. The topological polar surface area (TPSA) is 106 Å². The first-order valence-electron chi connectivity index (χ1n) is 9.75. The van der Waals surface area contributed by atoms with Crippen molar-refractivity contribution in [1.82, 2.24) is 4.31 Å². The van der Waals surface area contributed by atoms with E-state index in [4.69, 9.17) is 4.42 Å². The van der Waals surface area contributed by atoms with Crippen LogP contribution in [-0.4, -0.2) is 44.8 Å². The number of nitrogens with zero attached hydrogens (tertiary/aromatic N) is 1. The minimum atomic E-state index is -3.59. The molecule has 8 nitrogen and oxygen atoms in total. The Hall–Kier alpha value is -2.65. The smallest absolute Gasteiger partial charge is 0.313 e. The first kappa shape index (κ1) is 22.0. The van der Waals surface area contributed by atoms with Gasteiger partial charge in [-0.2, -0.15) is 4.31 Å². The van der Waals surface area contributed by atoms with Crippen molar-refractivity contribution in [3.05, 3.63) is 47.9 Å². The Morgan fingerprint density at radius 3 is 2.37 bits per heavy atom. The fourth-order valence-corrected chi connectivity index (χ4v) is 5.42. The number of methoxy groups -OCH3 is 1. The van der Waals surface area contributed by atoms with Gasteiger partial charge in [0.1, 0.15) is 12.2 Å². The fourth-order valence-electron chi connectivity index (χ4n) is 3.74. The zero-order valence-corrected chi connectivity index (χ0v) is 18.1. The maximum atomic E-state index is 13.0. The summed E-state index contributed by atoms with van der Waals surface area (Å²) in [6.45, 7) is 5.13. The molecule has 30 heavy (non-hydrogen) atoms. The number of rotatable bonds is 6. The van der Waals surface area contributed by atoms with Crippen molar-refractivity contribution in [1.29, 1.82) is 0 Å². The molecule has 1 amide bonds. The Bertz CT molecular complexity index is 1000. The second-order valence-electron chi connectivity index (χ2n) is 7.76. The molecule has 3 rings (SSSR count). The number of nitrogens with one attached hydrogen (secondary N) is 1. The molecule has 1 aromatic heterocycles. The number of carbonyl (C=O) groups excluding carboxylic acids is 2. The van der Waals surface area contributed by atoms with Crippen LogP contribution in [-0.2, 0) is 26.0 Å². The summed E-state index contributed by atoms with van der Waals surface area (Å²) in [6.07, 6.45) is 2.18. The zero-order chi connectivity index (χ0) is 21.9. The SMILES string of the molecule is COC(=O)Cc1occc1C(=O)Nc1ccc(S(=O)(=O)N2C[C@H](C)C[C@H](C)C2)cc1. The van der Waals surface area contributed by atoms with E-state index < -0.39 is 21.9 Å². The summed E-state index contributed by atoms with van der Waals surface area (Å²) >= 11 is 0. The molecule has 1 aliphatic rings. The summed E-state index contributed by atoms with van der Waals surface area (Å²) in [4.78, 5) is 24.1. The molecule has 0 aliphatic carbocycles. The van der Waals surface area contributed by atoms with Gasteiger partial charge in [-0.15, -0.1) is 0 Å². The van der Waals surface area contributed by atoms with E-state index in [9.17, 15) is 18.0 Å². The number of carbonyl (C=O) groups is 2. The normalized spacial score (nSPS) is 20.0. The summed E-state index contributed by atoms with van der Waals surface area (Å²) in [7, 11) is -2.33. The number of ether oxygens (including phenoxy) is 1. The summed E-state index contributed by atoms with van der Waals surface area (Å²) in [5.74, 6) is -0.147. The van der Waals surface area contributed by atoms with Crippen molar-refractivity contribution in [2.75, 3.05) is 25.5 Å². The molecule has 162 valence electrons. The van der Waals surface area contributed by atoms with Crippen LogP contribution < -0.4 is 5.32 Å². The third-order valence-corrected chi connectivity index (χ3v) is 6.95. The summed E-state index contributed by atoms with van der Waals surface area (Å²) in [5.41, 5.74) is 0.651. The first-order chi connectivity index (χ1) is 14.2. The molecule has 1 N–H and O–H groups in total.